The number of carboxylic acid groups (broad SMARTS) is 1. The van der Waals surface area contributed by atoms with E-state index in [0.29, 0.717) is 34.7 Å². The van der Waals surface area contributed by atoms with Gasteiger partial charge in [0, 0.05) is 61.4 Å². The van der Waals surface area contributed by atoms with Gasteiger partial charge in [0.15, 0.2) is 0 Å². The number of sulfonamides is 1. The van der Waals surface area contributed by atoms with Gasteiger partial charge in [0.2, 0.25) is 28.3 Å². The second-order valence-electron chi connectivity index (χ2n) is 20.6. The van der Waals surface area contributed by atoms with Crippen LogP contribution in [-0.4, -0.2) is 134 Å². The van der Waals surface area contributed by atoms with E-state index < -0.39 is 109 Å². The predicted octanol–water partition coefficient (Wildman–Crippen LogP) is 8.67. The summed E-state index contributed by atoms with van der Waals surface area (Å²) in [7, 11) is -4.43. The zero-order valence-electron chi connectivity index (χ0n) is 47.3. The fourth-order valence-corrected chi connectivity index (χ4v) is 12.1. The smallest absolute Gasteiger partial charge is 0.428 e. The molecule has 10 rings (SSSR count). The molecule has 7 N–H and O–H groups in total. The van der Waals surface area contributed by atoms with Crippen LogP contribution >= 0.6 is 0 Å². The minimum Gasteiger partial charge on any atom is -0.491 e. The quantitative estimate of drug-likeness (QED) is 0.0168. The summed E-state index contributed by atoms with van der Waals surface area (Å²) < 4.78 is 145. The number of benzene rings is 6. The number of nitrogens with zero attached hydrogens (tertiary/aromatic N) is 5. The van der Waals surface area contributed by atoms with Crippen molar-refractivity contribution in [2.75, 3.05) is 57.6 Å². The van der Waals surface area contributed by atoms with Crippen molar-refractivity contribution in [1.82, 2.24) is 40.0 Å². The van der Waals surface area contributed by atoms with E-state index >= 15 is 26.3 Å². The molecular formula is C61H58F6FmN10O11S. The van der Waals surface area contributed by atoms with Gasteiger partial charge in [0.1, 0.15) is 31.6 Å². The Morgan fingerprint density at radius 3 is 1.80 bits per heavy atom. The van der Waals surface area contributed by atoms with Crippen LogP contribution in [0.2, 0.25) is 0 Å². The zero-order valence-corrected chi connectivity index (χ0v) is 50.5. The Morgan fingerprint density at radius 1 is 0.711 bits per heavy atom. The van der Waals surface area contributed by atoms with E-state index in [1.165, 1.54) is 53.3 Å². The number of alkyl halides is 6. The minimum absolute atomic E-state index is 0. The van der Waals surface area contributed by atoms with Crippen LogP contribution < -0.4 is 36.0 Å². The number of nitrogens with one attached hydrogen (secondary N) is 4. The Morgan fingerprint density at radius 2 is 1.27 bits per heavy atom. The molecule has 0 radical (unpaired) electrons. The zero-order chi connectivity index (χ0) is 63.0. The molecule has 8 aromatic rings. The van der Waals surface area contributed by atoms with Crippen molar-refractivity contribution in [1.29, 1.82) is 0 Å². The molecule has 0 saturated heterocycles. The molecule has 2 aliphatic rings. The van der Waals surface area contributed by atoms with Gasteiger partial charge in [-0.3, -0.25) is 29.5 Å². The first-order valence-electron chi connectivity index (χ1n) is 27.9. The third-order valence-corrected chi connectivity index (χ3v) is 16.4. The molecule has 0 spiro atoms. The SMILES string of the molecule is NCCOCCOc1ccc(S(=O)(=O)NC(CNC(=O)c2ccc3c(cnn3CCCN(c3nccn3C(NC(=O)OCC3c4ccccc4-c4ccccc43)C(F)(F)F)C(NC(=O)OCC3c4ccccc4-c4ccccc43)C(F)(F)F)c2)C(=O)O)cc1.[Fm]. The number of halogens is 6. The van der Waals surface area contributed by atoms with E-state index in [4.69, 9.17) is 24.7 Å². The van der Waals surface area contributed by atoms with Gasteiger partial charge in [-0.25, -0.2) is 23.0 Å². The van der Waals surface area contributed by atoms with Crippen LogP contribution in [0.15, 0.2) is 163 Å². The first-order valence-corrected chi connectivity index (χ1v) is 29.3. The maximum atomic E-state index is 15.7. The molecule has 3 amide bonds. The molecule has 21 nitrogen and oxygen atoms in total. The molecule has 29 heteroatoms. The fourth-order valence-electron chi connectivity index (χ4n) is 10.9. The number of nitrogens with two attached hydrogens (primary N) is 1. The summed E-state index contributed by atoms with van der Waals surface area (Å²) in [5, 5.41) is 20.6. The van der Waals surface area contributed by atoms with Crippen molar-refractivity contribution >= 4 is 50.9 Å². The molecule has 2 aliphatic carbocycles. The number of hydrogen-bond donors (Lipinski definition) is 6. The molecule has 0 fully saturated rings. The number of aryl methyl sites for hydroxylation is 1. The number of carbonyl (C=O) groups excluding carboxylic acids is 3. The molecule has 3 unspecified atom stereocenters. The van der Waals surface area contributed by atoms with Gasteiger partial charge in [0.25, 0.3) is 5.91 Å². The average molecular weight is 1510 g/mol. The summed E-state index contributed by atoms with van der Waals surface area (Å²) >= 11 is 0. The number of amides is 3. The first kappa shape index (κ1) is 64.0. The van der Waals surface area contributed by atoms with Gasteiger partial charge in [0.05, 0.1) is 29.8 Å². The van der Waals surface area contributed by atoms with Crippen LogP contribution in [-0.2, 0) is 35.6 Å². The van der Waals surface area contributed by atoms with Crippen molar-refractivity contribution < 1.29 is 78.0 Å². The number of rotatable bonds is 26. The van der Waals surface area contributed by atoms with Crippen LogP contribution in [0.3, 0.4) is 0 Å². The second kappa shape index (κ2) is 27.3. The van der Waals surface area contributed by atoms with E-state index in [1.807, 2.05) is 53.8 Å². The Balaban J connectivity index is 0.00000960. The van der Waals surface area contributed by atoms with E-state index in [-0.39, 0.29) is 41.2 Å². The van der Waals surface area contributed by atoms with E-state index in [0.717, 1.165) is 56.9 Å². The topological polar surface area (TPSA) is 273 Å². The monoisotopic (exact) mass is 1510 g/mol. The molecule has 90 heavy (non-hydrogen) atoms. The van der Waals surface area contributed by atoms with Crippen molar-refractivity contribution in [2.24, 2.45) is 5.73 Å². The Labute approximate surface area is 504 Å². The molecular weight excluding hydrogens is 1450 g/mol. The summed E-state index contributed by atoms with van der Waals surface area (Å²) in [6.45, 7) is -1.45. The van der Waals surface area contributed by atoms with Crippen molar-refractivity contribution in [2.45, 2.75) is 60.4 Å². The Bertz CT molecular complexity index is 3900. The maximum Gasteiger partial charge on any atom is 0.428 e. The molecule has 6 aromatic carbocycles. The van der Waals surface area contributed by atoms with Crippen molar-refractivity contribution in [3.05, 3.63) is 186 Å². The summed E-state index contributed by atoms with van der Waals surface area (Å²) in [5.74, 6) is -4.22. The standard InChI is InChI=1S/C61H58F6N10O11S.Fm/c62-60(63,64)55(72-58(81)87-35-49-45-14-5-1-10-41(45)42-11-2-6-15-46(42)49)75(57-69-25-28-76(57)56(61(65,66)67)73-59(82)88-36-50-47-16-7-3-12-43(47)44-13-4-8-17-48(44)50)26-9-27-77-52-23-18-37(32-38(52)33-71-77)53(78)70-34-51(54(79)80)74-89(83,84)40-21-19-39(20-22-40)86-31-30-85-29-24-68;/h1-8,10-23,25,28,32-33,49-51,55-56,74H,9,24,26-27,29-31,34-36,68H2,(H,70,78)(H,72,81)(H,73,82)(H,79,80);. The third kappa shape index (κ3) is 14.2. The molecule has 0 bridgehead atoms. The van der Waals surface area contributed by atoms with Crippen LogP contribution in [0.4, 0.5) is 41.9 Å². The number of carboxylic acids is 1. The number of hydrogen-bond acceptors (Lipinski definition) is 14. The van der Waals surface area contributed by atoms with Crippen molar-refractivity contribution in [3.63, 3.8) is 0 Å². The average Bonchev–Trinajstić information content (AvgIpc) is 1.74. The molecule has 0 aliphatic heterocycles. The summed E-state index contributed by atoms with van der Waals surface area (Å²) in [6.07, 6.45) is -17.6. The number of aromatic nitrogens is 4. The van der Waals surface area contributed by atoms with Gasteiger partial charge in [-0.2, -0.15) is 36.2 Å². The number of carbonyl (C=O) groups is 4. The predicted molar refractivity (Wildman–Crippen MR) is 311 cm³/mol. The largest absolute Gasteiger partial charge is 0.491 e. The first-order chi connectivity index (χ1) is 42.7. The van der Waals surface area contributed by atoms with Gasteiger partial charge >= 0.3 is 30.5 Å². The minimum atomic E-state index is -5.43. The van der Waals surface area contributed by atoms with Gasteiger partial charge in [-0.15, -0.1) is 0 Å². The van der Waals surface area contributed by atoms with E-state index in [2.05, 4.69) is 20.1 Å². The number of ether oxygens (including phenoxy) is 4. The molecule has 3 atom stereocenters. The number of alkyl carbamates (subject to hydrolysis) is 2. The fraction of sp³-hybridized carbons (Fsp3) is 0.279. The summed E-state index contributed by atoms with van der Waals surface area (Å²) in [5.41, 5.74) is 12.1. The maximum absolute atomic E-state index is 15.7. The Hall–Kier alpha value is -10.5. The summed E-state index contributed by atoms with van der Waals surface area (Å²) in [6, 6.07) is 36.4. The van der Waals surface area contributed by atoms with Gasteiger partial charge in [-0.1, -0.05) is 97.1 Å². The molecule has 478 valence electrons. The van der Waals surface area contributed by atoms with Crippen LogP contribution in [0, 0.1) is 0 Å². The van der Waals surface area contributed by atoms with Crippen molar-refractivity contribution in [3.8, 4) is 28.0 Å². The molecule has 2 heterocycles. The second-order valence-corrected chi connectivity index (χ2v) is 22.3. The van der Waals surface area contributed by atoms with Gasteiger partial charge in [-0.05, 0) is 93.4 Å². The third-order valence-electron chi connectivity index (χ3n) is 14.9. The number of imidazole rings is 1. The number of anilines is 1. The van der Waals surface area contributed by atoms with E-state index in [1.54, 1.807) is 53.8 Å². The van der Waals surface area contributed by atoms with Crippen LogP contribution in [0.5, 0.6) is 5.75 Å². The molecule has 2 aromatic heterocycles. The number of aliphatic carboxylic acids is 1. The Kier molecular flexibility index (Phi) is 19.4. The van der Waals surface area contributed by atoms with Gasteiger partial charge < -0.3 is 40.0 Å². The normalized spacial score (nSPS) is 13.8. The van der Waals surface area contributed by atoms with Crippen LogP contribution in [0.25, 0.3) is 33.2 Å². The van der Waals surface area contributed by atoms with Crippen LogP contribution in [0.1, 0.15) is 57.0 Å². The molecule has 0 saturated carbocycles. The summed E-state index contributed by atoms with van der Waals surface area (Å²) in [4.78, 5) is 56.9. The number of fused-ring (bicyclic) bond motifs is 7. The van der Waals surface area contributed by atoms with E-state index in [9.17, 15) is 32.7 Å².